The van der Waals surface area contributed by atoms with E-state index < -0.39 is 0 Å². The van der Waals surface area contributed by atoms with E-state index in [9.17, 15) is 4.79 Å². The van der Waals surface area contributed by atoms with Crippen molar-refractivity contribution in [2.45, 2.75) is 20.3 Å². The zero-order valence-electron chi connectivity index (χ0n) is 13.1. The summed E-state index contributed by atoms with van der Waals surface area (Å²) in [6.07, 6.45) is 2.14. The van der Waals surface area contributed by atoms with E-state index in [4.69, 9.17) is 4.74 Å². The second kappa shape index (κ2) is 7.56. The summed E-state index contributed by atoms with van der Waals surface area (Å²) >= 11 is 0. The number of amides is 1. The predicted molar refractivity (Wildman–Crippen MR) is 87.4 cm³/mol. The Morgan fingerprint density at radius 2 is 2.05 bits per heavy atom. The Morgan fingerprint density at radius 1 is 1.23 bits per heavy atom. The highest BCUT2D eigenvalue weighted by atomic mass is 16.5. The number of hydrogen-bond acceptors (Lipinski definition) is 4. The molecule has 1 aromatic carbocycles. The normalized spacial score (nSPS) is 10.3. The number of aromatic nitrogens is 1. The maximum Gasteiger partial charge on any atom is 0.225 e. The maximum absolute atomic E-state index is 11.8. The van der Waals surface area contributed by atoms with Gasteiger partial charge in [-0.2, -0.15) is 0 Å². The van der Waals surface area contributed by atoms with Gasteiger partial charge in [0.15, 0.2) is 0 Å². The highest BCUT2D eigenvalue weighted by Gasteiger charge is 2.07. The molecular formula is C17H21N3O2. The van der Waals surface area contributed by atoms with Gasteiger partial charge in [-0.05, 0) is 44.2 Å². The van der Waals surface area contributed by atoms with Gasteiger partial charge in [-0.15, -0.1) is 0 Å². The van der Waals surface area contributed by atoms with Crippen LogP contribution in [0.4, 0.5) is 5.69 Å². The molecule has 2 aromatic rings. The maximum atomic E-state index is 11.8. The average molecular weight is 299 g/mol. The van der Waals surface area contributed by atoms with Crippen LogP contribution in [0, 0.1) is 13.8 Å². The Balaban J connectivity index is 2.11. The van der Waals surface area contributed by atoms with Crippen molar-refractivity contribution >= 4 is 11.6 Å². The van der Waals surface area contributed by atoms with Crippen LogP contribution in [-0.4, -0.2) is 24.5 Å². The number of rotatable bonds is 6. The molecule has 1 amide bonds. The minimum Gasteiger partial charge on any atom is -0.439 e. The van der Waals surface area contributed by atoms with E-state index in [-0.39, 0.29) is 5.91 Å². The molecule has 1 heterocycles. The highest BCUT2D eigenvalue weighted by molar-refractivity contribution is 5.91. The molecular weight excluding hydrogens is 278 g/mol. The van der Waals surface area contributed by atoms with Crippen LogP contribution in [-0.2, 0) is 4.79 Å². The highest BCUT2D eigenvalue weighted by Crippen LogP contribution is 2.27. The summed E-state index contributed by atoms with van der Waals surface area (Å²) in [6, 6.07) is 9.38. The van der Waals surface area contributed by atoms with Gasteiger partial charge in [-0.25, -0.2) is 4.98 Å². The average Bonchev–Trinajstić information content (AvgIpc) is 2.48. The standard InChI is InChI=1S/C17H21N3O2/c1-12-6-9-19-17(10-12)22-15-11-14(5-4-13(15)2)20-16(21)7-8-18-3/h4-6,9-11,18H,7-8H2,1-3H3,(H,20,21). The Morgan fingerprint density at radius 3 is 2.77 bits per heavy atom. The molecule has 0 radical (unpaired) electrons. The number of benzene rings is 1. The Kier molecular flexibility index (Phi) is 5.49. The molecule has 0 aliphatic heterocycles. The van der Waals surface area contributed by atoms with Gasteiger partial charge < -0.3 is 15.4 Å². The lowest BCUT2D eigenvalue weighted by atomic mass is 10.2. The van der Waals surface area contributed by atoms with Crippen molar-refractivity contribution < 1.29 is 9.53 Å². The van der Waals surface area contributed by atoms with Crippen molar-refractivity contribution in [2.75, 3.05) is 18.9 Å². The minimum atomic E-state index is -0.0298. The van der Waals surface area contributed by atoms with E-state index in [1.807, 2.05) is 51.2 Å². The summed E-state index contributed by atoms with van der Waals surface area (Å²) in [5.41, 5.74) is 2.78. The lowest BCUT2D eigenvalue weighted by molar-refractivity contribution is -0.116. The van der Waals surface area contributed by atoms with Gasteiger partial charge >= 0.3 is 0 Å². The van der Waals surface area contributed by atoms with Crippen molar-refractivity contribution in [3.63, 3.8) is 0 Å². The van der Waals surface area contributed by atoms with Crippen LogP contribution >= 0.6 is 0 Å². The van der Waals surface area contributed by atoms with Gasteiger partial charge in [0.1, 0.15) is 5.75 Å². The van der Waals surface area contributed by atoms with Crippen molar-refractivity contribution in [1.82, 2.24) is 10.3 Å². The molecule has 0 unspecified atom stereocenters. The van der Waals surface area contributed by atoms with Crippen LogP contribution in [0.3, 0.4) is 0 Å². The zero-order valence-corrected chi connectivity index (χ0v) is 13.1. The number of nitrogens with one attached hydrogen (secondary N) is 2. The second-order valence-corrected chi connectivity index (χ2v) is 5.16. The first-order valence-corrected chi connectivity index (χ1v) is 7.24. The SMILES string of the molecule is CNCCC(=O)Nc1ccc(C)c(Oc2cc(C)ccn2)c1. The number of ether oxygens (including phenoxy) is 1. The first-order chi connectivity index (χ1) is 10.6. The van der Waals surface area contributed by atoms with Crippen LogP contribution < -0.4 is 15.4 Å². The molecule has 0 saturated carbocycles. The van der Waals surface area contributed by atoms with Gasteiger partial charge in [0, 0.05) is 37.0 Å². The third kappa shape index (κ3) is 4.56. The number of anilines is 1. The van der Waals surface area contributed by atoms with E-state index in [1.54, 1.807) is 6.20 Å². The van der Waals surface area contributed by atoms with Crippen LogP contribution in [0.1, 0.15) is 17.5 Å². The fourth-order valence-electron chi connectivity index (χ4n) is 1.93. The summed E-state index contributed by atoms with van der Waals surface area (Å²) in [4.78, 5) is 16.0. The van der Waals surface area contributed by atoms with Gasteiger partial charge in [-0.1, -0.05) is 6.07 Å². The second-order valence-electron chi connectivity index (χ2n) is 5.16. The molecule has 0 saturated heterocycles. The van der Waals surface area contributed by atoms with Gasteiger partial charge in [-0.3, -0.25) is 4.79 Å². The molecule has 5 heteroatoms. The van der Waals surface area contributed by atoms with Crippen LogP contribution in [0.15, 0.2) is 36.5 Å². The van der Waals surface area contributed by atoms with Gasteiger partial charge in [0.05, 0.1) is 0 Å². The summed E-state index contributed by atoms with van der Waals surface area (Å²) in [6.45, 7) is 4.59. The van der Waals surface area contributed by atoms with E-state index in [2.05, 4.69) is 15.6 Å². The van der Waals surface area contributed by atoms with Crippen molar-refractivity contribution in [2.24, 2.45) is 0 Å². The lowest BCUT2D eigenvalue weighted by Gasteiger charge is -2.11. The molecule has 1 aromatic heterocycles. The number of hydrogen-bond donors (Lipinski definition) is 2. The number of aryl methyl sites for hydroxylation is 2. The van der Waals surface area contributed by atoms with Crippen molar-refractivity contribution in [3.05, 3.63) is 47.7 Å². The summed E-state index contributed by atoms with van der Waals surface area (Å²) in [5, 5.41) is 5.81. The van der Waals surface area contributed by atoms with Crippen molar-refractivity contribution in [1.29, 1.82) is 0 Å². The molecule has 0 aliphatic carbocycles. The number of carbonyl (C=O) groups excluding carboxylic acids is 1. The largest absolute Gasteiger partial charge is 0.439 e. The van der Waals surface area contributed by atoms with Crippen molar-refractivity contribution in [3.8, 4) is 11.6 Å². The van der Waals surface area contributed by atoms with E-state index >= 15 is 0 Å². The van der Waals surface area contributed by atoms with Gasteiger partial charge in [0.2, 0.25) is 11.8 Å². The van der Waals surface area contributed by atoms with Crippen LogP contribution in [0.2, 0.25) is 0 Å². The van der Waals surface area contributed by atoms with Crippen LogP contribution in [0.25, 0.3) is 0 Å². The quantitative estimate of drug-likeness (QED) is 0.860. The molecule has 2 N–H and O–H groups in total. The molecule has 116 valence electrons. The minimum absolute atomic E-state index is 0.0298. The predicted octanol–water partition coefficient (Wildman–Crippen LogP) is 3.04. The fraction of sp³-hybridized carbons (Fsp3) is 0.294. The summed E-state index contributed by atoms with van der Waals surface area (Å²) in [5.74, 6) is 1.20. The number of carbonyl (C=O) groups is 1. The van der Waals surface area contributed by atoms with E-state index in [0.717, 1.165) is 11.1 Å². The van der Waals surface area contributed by atoms with Crippen LogP contribution in [0.5, 0.6) is 11.6 Å². The Hall–Kier alpha value is -2.40. The lowest BCUT2D eigenvalue weighted by Crippen LogP contribution is -2.18. The third-order valence-electron chi connectivity index (χ3n) is 3.18. The van der Waals surface area contributed by atoms with Gasteiger partial charge in [0.25, 0.3) is 0 Å². The first-order valence-electron chi connectivity index (χ1n) is 7.24. The first kappa shape index (κ1) is 16.0. The number of pyridine rings is 1. The van der Waals surface area contributed by atoms with E-state index in [1.165, 1.54) is 0 Å². The molecule has 0 spiro atoms. The fourth-order valence-corrected chi connectivity index (χ4v) is 1.93. The molecule has 2 rings (SSSR count). The Labute approximate surface area is 130 Å². The monoisotopic (exact) mass is 299 g/mol. The van der Waals surface area contributed by atoms with E-state index in [0.29, 0.717) is 30.3 Å². The molecule has 0 atom stereocenters. The Bertz CT molecular complexity index is 656. The summed E-state index contributed by atoms with van der Waals surface area (Å²) < 4.78 is 5.82. The summed E-state index contributed by atoms with van der Waals surface area (Å²) in [7, 11) is 1.82. The molecule has 0 fully saturated rings. The third-order valence-corrected chi connectivity index (χ3v) is 3.18. The smallest absolute Gasteiger partial charge is 0.225 e. The topological polar surface area (TPSA) is 63.2 Å². The molecule has 0 bridgehead atoms. The number of nitrogens with zero attached hydrogens (tertiary/aromatic N) is 1. The molecule has 0 aliphatic rings. The zero-order chi connectivity index (χ0) is 15.9. The molecule has 22 heavy (non-hydrogen) atoms. The molecule has 5 nitrogen and oxygen atoms in total.